The lowest BCUT2D eigenvalue weighted by molar-refractivity contribution is -0.198. The zero-order chi connectivity index (χ0) is 16.7. The molecule has 6 heteroatoms. The lowest BCUT2D eigenvalue weighted by atomic mass is 9.87. The topological polar surface area (TPSA) is 87.1 Å². The number of aromatic carboxylic acids is 1. The van der Waals surface area contributed by atoms with Crippen LogP contribution in [0.3, 0.4) is 0 Å². The highest BCUT2D eigenvalue weighted by Gasteiger charge is 2.55. The van der Waals surface area contributed by atoms with Gasteiger partial charge in [-0.1, -0.05) is 12.1 Å². The van der Waals surface area contributed by atoms with Crippen molar-refractivity contribution in [3.05, 3.63) is 29.8 Å². The van der Waals surface area contributed by atoms with Gasteiger partial charge in [0.25, 0.3) is 0 Å². The third-order valence-electron chi connectivity index (χ3n) is 4.29. The fourth-order valence-electron chi connectivity index (χ4n) is 3.05. The van der Waals surface area contributed by atoms with Crippen molar-refractivity contribution in [1.29, 1.82) is 0 Å². The second-order valence-corrected chi connectivity index (χ2v) is 6.76. The molecule has 0 amide bonds. The van der Waals surface area contributed by atoms with Crippen LogP contribution in [0.5, 0.6) is 5.75 Å². The molecule has 1 saturated heterocycles. The first-order valence-corrected chi connectivity index (χ1v) is 7.10. The largest absolute Gasteiger partial charge is 0.478 e. The Morgan fingerprint density at radius 3 is 2.32 bits per heavy atom. The molecule has 0 saturated carbocycles. The van der Waals surface area contributed by atoms with E-state index in [0.29, 0.717) is 6.42 Å². The number of ether oxygens (including phenoxy) is 1. The minimum Gasteiger partial charge on any atom is -0.478 e. The van der Waals surface area contributed by atoms with Crippen LogP contribution in [0.1, 0.15) is 44.5 Å². The minimum absolute atomic E-state index is 0.0185. The number of carbonyl (C=O) groups is 2. The highest BCUT2D eigenvalue weighted by molar-refractivity contribution is 5.92. The first kappa shape index (κ1) is 16.5. The first-order chi connectivity index (χ1) is 10.1. The molecule has 1 aromatic carbocycles. The molecule has 1 atom stereocenters. The molecule has 0 spiro atoms. The van der Waals surface area contributed by atoms with E-state index in [1.807, 2.05) is 13.8 Å². The third-order valence-corrected chi connectivity index (χ3v) is 4.29. The van der Waals surface area contributed by atoms with Gasteiger partial charge in [0.1, 0.15) is 11.3 Å². The Kier molecular flexibility index (Phi) is 4.02. The molecule has 1 unspecified atom stereocenters. The Morgan fingerprint density at radius 2 is 1.82 bits per heavy atom. The highest BCUT2D eigenvalue weighted by Crippen LogP contribution is 2.44. The smallest absolute Gasteiger partial charge is 0.339 e. The SMILES string of the molecule is CC1(C)CC(C(=O)Oc2ccccc2C(=O)O)C(C)(C)N1O. The number of carboxylic acids is 1. The van der Waals surface area contributed by atoms with Gasteiger partial charge in [-0.15, -0.1) is 0 Å². The summed E-state index contributed by atoms with van der Waals surface area (Å²) in [5.41, 5.74) is -1.41. The number of hydroxylamine groups is 2. The summed E-state index contributed by atoms with van der Waals surface area (Å²) >= 11 is 0. The van der Waals surface area contributed by atoms with E-state index in [4.69, 9.17) is 9.84 Å². The van der Waals surface area contributed by atoms with Gasteiger partial charge < -0.3 is 15.1 Å². The first-order valence-electron chi connectivity index (χ1n) is 7.10. The number of esters is 1. The normalized spacial score (nSPS) is 23.2. The summed E-state index contributed by atoms with van der Waals surface area (Å²) in [6, 6.07) is 6.01. The van der Waals surface area contributed by atoms with Gasteiger partial charge in [0.15, 0.2) is 0 Å². The molecule has 1 aromatic rings. The van der Waals surface area contributed by atoms with Crippen molar-refractivity contribution in [1.82, 2.24) is 5.06 Å². The number of benzene rings is 1. The fourth-order valence-corrected chi connectivity index (χ4v) is 3.05. The Bertz CT molecular complexity index is 608. The van der Waals surface area contributed by atoms with Gasteiger partial charge in [-0.25, -0.2) is 4.79 Å². The number of rotatable bonds is 3. The maximum Gasteiger partial charge on any atom is 0.339 e. The van der Waals surface area contributed by atoms with E-state index in [2.05, 4.69) is 0 Å². The summed E-state index contributed by atoms with van der Waals surface area (Å²) in [4.78, 5) is 23.7. The van der Waals surface area contributed by atoms with Gasteiger partial charge in [-0.3, -0.25) is 4.79 Å². The molecular weight excluding hydrogens is 286 g/mol. The number of nitrogens with zero attached hydrogens (tertiary/aromatic N) is 1. The second kappa shape index (κ2) is 5.37. The summed E-state index contributed by atoms with van der Waals surface area (Å²) in [5, 5.41) is 20.6. The molecular formula is C16H21NO5. The maximum absolute atomic E-state index is 12.5. The predicted molar refractivity (Wildman–Crippen MR) is 78.9 cm³/mol. The van der Waals surface area contributed by atoms with Crippen molar-refractivity contribution in [3.63, 3.8) is 0 Å². The molecule has 1 fully saturated rings. The Morgan fingerprint density at radius 1 is 1.23 bits per heavy atom. The Hall–Kier alpha value is -1.92. The van der Waals surface area contributed by atoms with Crippen LogP contribution in [0.25, 0.3) is 0 Å². The van der Waals surface area contributed by atoms with Crippen LogP contribution >= 0.6 is 0 Å². The second-order valence-electron chi connectivity index (χ2n) is 6.76. The average Bonchev–Trinajstić information content (AvgIpc) is 2.59. The highest BCUT2D eigenvalue weighted by atomic mass is 16.5. The van der Waals surface area contributed by atoms with Crippen molar-refractivity contribution in [2.75, 3.05) is 0 Å². The Labute approximate surface area is 129 Å². The maximum atomic E-state index is 12.5. The number of para-hydroxylation sites is 1. The van der Waals surface area contributed by atoms with Gasteiger partial charge in [-0.05, 0) is 46.2 Å². The standard InChI is InChI=1S/C16H21NO5/c1-15(2)9-11(16(3,4)17(15)21)14(20)22-12-8-6-5-7-10(12)13(18)19/h5-8,11,21H,9H2,1-4H3,(H,18,19). The van der Waals surface area contributed by atoms with Crippen LogP contribution in [0.2, 0.25) is 0 Å². The van der Waals surface area contributed by atoms with E-state index in [1.54, 1.807) is 26.0 Å². The van der Waals surface area contributed by atoms with Crippen molar-refractivity contribution in [3.8, 4) is 5.75 Å². The van der Waals surface area contributed by atoms with Crippen molar-refractivity contribution < 1.29 is 24.6 Å². The molecule has 2 N–H and O–H groups in total. The molecule has 0 aliphatic carbocycles. The Balaban J connectivity index is 2.26. The minimum atomic E-state index is -1.15. The van der Waals surface area contributed by atoms with E-state index in [-0.39, 0.29) is 11.3 Å². The van der Waals surface area contributed by atoms with E-state index >= 15 is 0 Å². The molecule has 6 nitrogen and oxygen atoms in total. The molecule has 1 heterocycles. The van der Waals surface area contributed by atoms with Gasteiger partial charge >= 0.3 is 11.9 Å². The summed E-state index contributed by atoms with van der Waals surface area (Å²) in [5.74, 6) is -2.24. The number of carboxylic acid groups (broad SMARTS) is 1. The molecule has 0 radical (unpaired) electrons. The van der Waals surface area contributed by atoms with Crippen LogP contribution in [0.4, 0.5) is 0 Å². The van der Waals surface area contributed by atoms with Gasteiger partial charge in [0.05, 0.1) is 11.5 Å². The lowest BCUT2D eigenvalue weighted by Gasteiger charge is -2.35. The molecule has 0 aromatic heterocycles. The third kappa shape index (κ3) is 2.71. The van der Waals surface area contributed by atoms with Crippen LogP contribution in [-0.2, 0) is 4.79 Å². The molecule has 0 bridgehead atoms. The van der Waals surface area contributed by atoms with E-state index < -0.39 is 28.9 Å². The molecule has 2 rings (SSSR count). The monoisotopic (exact) mass is 307 g/mol. The van der Waals surface area contributed by atoms with E-state index in [1.165, 1.54) is 17.2 Å². The van der Waals surface area contributed by atoms with Crippen LogP contribution in [-0.4, -0.2) is 38.4 Å². The van der Waals surface area contributed by atoms with Crippen LogP contribution in [0.15, 0.2) is 24.3 Å². The average molecular weight is 307 g/mol. The fraction of sp³-hybridized carbons (Fsp3) is 0.500. The lowest BCUT2D eigenvalue weighted by Crippen LogP contribution is -2.48. The summed E-state index contributed by atoms with van der Waals surface area (Å²) in [6.07, 6.45) is 0.421. The summed E-state index contributed by atoms with van der Waals surface area (Å²) < 4.78 is 5.31. The number of hydrogen-bond acceptors (Lipinski definition) is 5. The molecule has 1 aliphatic heterocycles. The van der Waals surface area contributed by atoms with E-state index in [0.717, 1.165) is 0 Å². The van der Waals surface area contributed by atoms with Crippen molar-refractivity contribution in [2.24, 2.45) is 5.92 Å². The zero-order valence-electron chi connectivity index (χ0n) is 13.2. The van der Waals surface area contributed by atoms with Crippen molar-refractivity contribution in [2.45, 2.75) is 45.2 Å². The van der Waals surface area contributed by atoms with Gasteiger partial charge in [0.2, 0.25) is 0 Å². The van der Waals surface area contributed by atoms with Gasteiger partial charge in [-0.2, -0.15) is 5.06 Å². The zero-order valence-corrected chi connectivity index (χ0v) is 13.2. The molecule has 120 valence electrons. The number of hydrogen-bond donors (Lipinski definition) is 2. The summed E-state index contributed by atoms with van der Waals surface area (Å²) in [7, 11) is 0. The van der Waals surface area contributed by atoms with Crippen LogP contribution in [0, 0.1) is 5.92 Å². The van der Waals surface area contributed by atoms with Gasteiger partial charge in [0, 0.05) is 5.54 Å². The summed E-state index contributed by atoms with van der Waals surface area (Å²) in [6.45, 7) is 7.20. The quantitative estimate of drug-likeness (QED) is 0.659. The van der Waals surface area contributed by atoms with Crippen LogP contribution < -0.4 is 4.74 Å². The predicted octanol–water partition coefficient (Wildman–Crippen LogP) is 2.56. The van der Waals surface area contributed by atoms with Crippen molar-refractivity contribution >= 4 is 11.9 Å². The molecule has 22 heavy (non-hydrogen) atoms. The van der Waals surface area contributed by atoms with E-state index in [9.17, 15) is 14.8 Å². The molecule has 1 aliphatic rings. The number of carbonyl (C=O) groups excluding carboxylic acids is 1.